The molecule has 0 aromatic heterocycles. The molecule has 1 fully saturated rings. The van der Waals surface area contributed by atoms with Crippen LogP contribution in [0.15, 0.2) is 47.4 Å². The molecule has 2 heterocycles. The molecule has 0 aliphatic carbocycles. The van der Waals surface area contributed by atoms with Gasteiger partial charge in [-0.2, -0.15) is 0 Å². The van der Waals surface area contributed by atoms with Gasteiger partial charge in [0.2, 0.25) is 17.7 Å². The van der Waals surface area contributed by atoms with Crippen molar-refractivity contribution in [3.05, 3.63) is 48.0 Å². The number of amides is 3. The first-order valence-electron chi connectivity index (χ1n) is 10.3. The van der Waals surface area contributed by atoms with Crippen molar-refractivity contribution in [2.24, 2.45) is 5.92 Å². The molecule has 2 aliphatic heterocycles. The molecule has 2 unspecified atom stereocenters. The van der Waals surface area contributed by atoms with Crippen LogP contribution in [0.4, 0.5) is 11.4 Å². The maximum Gasteiger partial charge on any atom is 0.247 e. The molecule has 1 saturated heterocycles. The molecule has 0 radical (unpaired) electrons. The van der Waals surface area contributed by atoms with Gasteiger partial charge in [-0.3, -0.25) is 14.4 Å². The molecule has 7 nitrogen and oxygen atoms in total. The third-order valence-corrected chi connectivity index (χ3v) is 6.83. The van der Waals surface area contributed by atoms with Crippen molar-refractivity contribution < 1.29 is 19.1 Å². The molecule has 2 aliphatic rings. The van der Waals surface area contributed by atoms with Gasteiger partial charge < -0.3 is 20.3 Å². The number of likely N-dealkylation sites (tertiary alicyclic amines) is 1. The predicted octanol–water partition coefficient (Wildman–Crippen LogP) is 3.29. The van der Waals surface area contributed by atoms with Gasteiger partial charge in [0.1, 0.15) is 5.75 Å². The highest BCUT2D eigenvalue weighted by Crippen LogP contribution is 2.36. The largest absolute Gasteiger partial charge is 0.495 e. The third kappa shape index (κ3) is 4.54. The predicted molar refractivity (Wildman–Crippen MR) is 120 cm³/mol. The van der Waals surface area contributed by atoms with E-state index in [2.05, 4.69) is 10.6 Å². The minimum Gasteiger partial charge on any atom is -0.495 e. The van der Waals surface area contributed by atoms with Gasteiger partial charge in [-0.05, 0) is 49.6 Å². The van der Waals surface area contributed by atoms with E-state index in [1.54, 1.807) is 12.0 Å². The molecule has 8 heteroatoms. The Hall–Kier alpha value is -3.00. The number of methoxy groups -OCH3 is 1. The average molecular weight is 440 g/mol. The first kappa shape index (κ1) is 21.2. The second kappa shape index (κ2) is 9.01. The fourth-order valence-electron chi connectivity index (χ4n) is 3.93. The maximum atomic E-state index is 13.1. The van der Waals surface area contributed by atoms with Crippen molar-refractivity contribution in [1.29, 1.82) is 0 Å². The number of nitrogens with one attached hydrogen (secondary N) is 2. The fraction of sp³-hybridized carbons (Fsp3) is 0.348. The number of anilines is 2. The van der Waals surface area contributed by atoms with Crippen LogP contribution in [0.25, 0.3) is 0 Å². The van der Waals surface area contributed by atoms with Gasteiger partial charge in [0, 0.05) is 18.0 Å². The van der Waals surface area contributed by atoms with Crippen molar-refractivity contribution in [2.75, 3.05) is 30.8 Å². The van der Waals surface area contributed by atoms with E-state index in [0.29, 0.717) is 37.4 Å². The Morgan fingerprint density at radius 2 is 2.03 bits per heavy atom. The fourth-order valence-corrected chi connectivity index (χ4v) is 5.00. The third-order valence-electron chi connectivity index (χ3n) is 5.57. The van der Waals surface area contributed by atoms with Crippen LogP contribution in [-0.4, -0.2) is 48.1 Å². The van der Waals surface area contributed by atoms with E-state index in [9.17, 15) is 14.4 Å². The highest BCUT2D eigenvalue weighted by molar-refractivity contribution is 8.01. The Morgan fingerprint density at radius 1 is 1.23 bits per heavy atom. The molecule has 2 aromatic carbocycles. The minimum absolute atomic E-state index is 0.146. The number of piperidine rings is 1. The van der Waals surface area contributed by atoms with Gasteiger partial charge in [0.25, 0.3) is 0 Å². The summed E-state index contributed by atoms with van der Waals surface area (Å²) in [6.45, 7) is 2.79. The molecule has 0 spiro atoms. The Balaban J connectivity index is 1.44. The number of carbonyl (C=O) groups is 3. The number of thioether (sulfide) groups is 1. The number of hydrogen-bond donors (Lipinski definition) is 2. The summed E-state index contributed by atoms with van der Waals surface area (Å²) in [5, 5.41) is 4.92. The maximum absolute atomic E-state index is 13.1. The summed E-state index contributed by atoms with van der Waals surface area (Å²) >= 11 is 1.27. The van der Waals surface area contributed by atoms with Crippen LogP contribution in [0.5, 0.6) is 5.75 Å². The zero-order valence-corrected chi connectivity index (χ0v) is 18.3. The van der Waals surface area contributed by atoms with Crippen molar-refractivity contribution in [3.8, 4) is 5.75 Å². The van der Waals surface area contributed by atoms with Crippen LogP contribution in [0.1, 0.15) is 18.4 Å². The number of aryl methyl sites for hydroxylation is 1. The molecule has 0 bridgehead atoms. The number of fused-ring (bicyclic) bond motifs is 1. The number of nitrogens with zero attached hydrogens (tertiary/aromatic N) is 1. The van der Waals surface area contributed by atoms with Gasteiger partial charge in [-0.1, -0.05) is 18.2 Å². The van der Waals surface area contributed by atoms with Crippen LogP contribution in [0.3, 0.4) is 0 Å². The van der Waals surface area contributed by atoms with E-state index in [1.807, 2.05) is 49.4 Å². The van der Waals surface area contributed by atoms with Gasteiger partial charge in [0.15, 0.2) is 5.25 Å². The number of carbonyl (C=O) groups excluding carboxylic acids is 3. The topological polar surface area (TPSA) is 87.7 Å². The standard InChI is InChI=1S/C23H25N3O4S/c1-14-9-10-18(30-2)17(12-14)25-21(27)15-6-5-11-26(13-15)23(29)20-22(28)24-16-7-3-4-8-19(16)31-20/h3-4,7-10,12,15,20H,5-6,11,13H2,1-2H3,(H,24,28)(H,25,27). The first-order valence-corrected chi connectivity index (χ1v) is 11.1. The molecular weight excluding hydrogens is 414 g/mol. The van der Waals surface area contributed by atoms with Crippen LogP contribution >= 0.6 is 11.8 Å². The molecule has 3 amide bonds. The van der Waals surface area contributed by atoms with Crippen LogP contribution in [-0.2, 0) is 14.4 Å². The summed E-state index contributed by atoms with van der Waals surface area (Å²) < 4.78 is 5.34. The van der Waals surface area contributed by atoms with E-state index < -0.39 is 5.25 Å². The van der Waals surface area contributed by atoms with Crippen molar-refractivity contribution in [3.63, 3.8) is 0 Å². The van der Waals surface area contributed by atoms with Gasteiger partial charge in [-0.25, -0.2) is 0 Å². The molecule has 31 heavy (non-hydrogen) atoms. The van der Waals surface area contributed by atoms with E-state index in [4.69, 9.17) is 4.74 Å². The van der Waals surface area contributed by atoms with Crippen molar-refractivity contribution in [2.45, 2.75) is 29.9 Å². The highest BCUT2D eigenvalue weighted by Gasteiger charge is 2.38. The summed E-state index contributed by atoms with van der Waals surface area (Å²) in [6.07, 6.45) is 1.40. The van der Waals surface area contributed by atoms with Crippen molar-refractivity contribution >= 4 is 40.9 Å². The van der Waals surface area contributed by atoms with E-state index in [1.165, 1.54) is 11.8 Å². The summed E-state index contributed by atoms with van der Waals surface area (Å²) in [7, 11) is 1.56. The summed E-state index contributed by atoms with van der Waals surface area (Å²) in [5.74, 6) is -0.455. The average Bonchev–Trinajstić information content (AvgIpc) is 2.78. The Bertz CT molecular complexity index is 1030. The lowest BCUT2D eigenvalue weighted by molar-refractivity contribution is -0.136. The Labute approximate surface area is 185 Å². The lowest BCUT2D eigenvalue weighted by Gasteiger charge is -2.35. The zero-order valence-electron chi connectivity index (χ0n) is 17.5. The molecular formula is C23H25N3O4S. The van der Waals surface area contributed by atoms with Crippen LogP contribution in [0.2, 0.25) is 0 Å². The van der Waals surface area contributed by atoms with Gasteiger partial charge >= 0.3 is 0 Å². The first-order chi connectivity index (χ1) is 15.0. The Kier molecular flexibility index (Phi) is 6.18. The van der Waals surface area contributed by atoms with E-state index in [0.717, 1.165) is 16.1 Å². The van der Waals surface area contributed by atoms with Crippen LogP contribution in [0, 0.1) is 12.8 Å². The molecule has 4 rings (SSSR count). The smallest absolute Gasteiger partial charge is 0.247 e. The number of hydrogen-bond acceptors (Lipinski definition) is 5. The Morgan fingerprint density at radius 3 is 2.84 bits per heavy atom. The summed E-state index contributed by atoms with van der Waals surface area (Å²) in [6, 6.07) is 13.0. The SMILES string of the molecule is COc1ccc(C)cc1NC(=O)C1CCCN(C(=O)C2Sc3ccccc3NC2=O)C1. The normalized spacial score (nSPS) is 20.5. The number of para-hydroxylation sites is 1. The minimum atomic E-state index is -0.839. The molecule has 2 N–H and O–H groups in total. The monoisotopic (exact) mass is 439 g/mol. The second-order valence-electron chi connectivity index (χ2n) is 7.80. The quantitative estimate of drug-likeness (QED) is 0.714. The lowest BCUT2D eigenvalue weighted by atomic mass is 9.96. The molecule has 0 saturated carbocycles. The molecule has 2 aromatic rings. The van der Waals surface area contributed by atoms with Gasteiger partial charge in [-0.15, -0.1) is 11.8 Å². The van der Waals surface area contributed by atoms with Crippen LogP contribution < -0.4 is 15.4 Å². The highest BCUT2D eigenvalue weighted by atomic mass is 32.2. The van der Waals surface area contributed by atoms with Crippen molar-refractivity contribution in [1.82, 2.24) is 4.90 Å². The summed E-state index contributed by atoms with van der Waals surface area (Å²) in [4.78, 5) is 41.1. The number of benzene rings is 2. The lowest BCUT2D eigenvalue weighted by Crippen LogP contribution is -2.50. The second-order valence-corrected chi connectivity index (χ2v) is 8.95. The number of rotatable bonds is 4. The van der Waals surface area contributed by atoms with E-state index >= 15 is 0 Å². The molecule has 2 atom stereocenters. The number of ether oxygens (including phenoxy) is 1. The summed E-state index contributed by atoms with van der Waals surface area (Å²) in [5.41, 5.74) is 2.36. The van der Waals surface area contributed by atoms with E-state index in [-0.39, 0.29) is 23.6 Å². The zero-order chi connectivity index (χ0) is 22.0. The van der Waals surface area contributed by atoms with Gasteiger partial charge in [0.05, 0.1) is 24.4 Å². The molecule has 162 valence electrons.